The molecule has 1 rings (SSSR count). The van der Waals surface area contributed by atoms with Gasteiger partial charge in [0.15, 0.2) is 0 Å². The van der Waals surface area contributed by atoms with Crippen LogP contribution in [0.15, 0.2) is 0 Å². The molecule has 0 saturated carbocycles. The molecule has 0 amide bonds. The first-order valence-electron chi connectivity index (χ1n) is 3.61. The molecule has 1 unspecified atom stereocenters. The lowest BCUT2D eigenvalue weighted by Gasteiger charge is -2.18. The summed E-state index contributed by atoms with van der Waals surface area (Å²) in [4.78, 5) is 0. The average Bonchev–Trinajstić information content (AvgIpc) is 2.17. The number of aliphatic hydroxyl groups is 1. The van der Waals surface area contributed by atoms with E-state index in [-0.39, 0.29) is 10.9 Å². The fourth-order valence-electron chi connectivity index (χ4n) is 0.507. The Morgan fingerprint density at radius 1 is 1.40 bits per heavy atom. The molecule has 0 bridgehead atoms. The zero-order valence-electron chi connectivity index (χ0n) is 7.05. The fraction of sp³-hybridized carbons (Fsp3) is 1.00. The molecule has 62 valence electrons. The second-order valence-electron chi connectivity index (χ2n) is 2.49. The molecule has 1 atom stereocenters. The van der Waals surface area contributed by atoms with Gasteiger partial charge in [0.05, 0.1) is 6.10 Å². The van der Waals surface area contributed by atoms with Crippen LogP contribution in [0.25, 0.3) is 0 Å². The molecule has 0 radical (unpaired) electrons. The highest BCUT2D eigenvalue weighted by molar-refractivity contribution is 8.77. The Labute approximate surface area is 71.4 Å². The van der Waals surface area contributed by atoms with Crippen LogP contribution in [-0.2, 0) is 0 Å². The first-order valence-corrected chi connectivity index (χ1v) is 5.93. The van der Waals surface area contributed by atoms with Gasteiger partial charge in [0.1, 0.15) is 0 Å². The second kappa shape index (κ2) is 4.52. The van der Waals surface area contributed by atoms with E-state index in [4.69, 9.17) is 0 Å². The number of rotatable bonds is 0. The van der Waals surface area contributed by atoms with Crippen molar-refractivity contribution >= 4 is 21.6 Å². The van der Waals surface area contributed by atoms with Gasteiger partial charge in [-0.25, -0.2) is 0 Å². The van der Waals surface area contributed by atoms with Crippen LogP contribution in [0.3, 0.4) is 0 Å². The van der Waals surface area contributed by atoms with Gasteiger partial charge in [0.2, 0.25) is 0 Å². The Hall–Kier alpha value is 0.660. The van der Waals surface area contributed by atoms with Crippen molar-refractivity contribution in [1.29, 1.82) is 0 Å². The highest BCUT2D eigenvalue weighted by Crippen LogP contribution is 2.45. The lowest BCUT2D eigenvalue weighted by molar-refractivity contribution is 0.169. The van der Waals surface area contributed by atoms with Gasteiger partial charge in [0, 0.05) is 10.5 Å². The molecular formula is C7H16OS2. The topological polar surface area (TPSA) is 20.2 Å². The molecule has 0 aromatic heterocycles. The van der Waals surface area contributed by atoms with Gasteiger partial charge < -0.3 is 5.11 Å². The highest BCUT2D eigenvalue weighted by Gasteiger charge is 2.34. The van der Waals surface area contributed by atoms with Crippen molar-refractivity contribution in [3.63, 3.8) is 0 Å². The third-order valence-corrected chi connectivity index (χ3v) is 4.62. The molecule has 0 aliphatic carbocycles. The Morgan fingerprint density at radius 3 is 2.00 bits per heavy atom. The maximum absolute atomic E-state index is 9.22. The second-order valence-corrected chi connectivity index (χ2v) is 5.48. The van der Waals surface area contributed by atoms with Crippen molar-refractivity contribution in [1.82, 2.24) is 0 Å². The van der Waals surface area contributed by atoms with Crippen LogP contribution in [0.2, 0.25) is 0 Å². The van der Waals surface area contributed by atoms with Gasteiger partial charge >= 0.3 is 0 Å². The number of aliphatic hydroxyl groups excluding tert-OH is 1. The quantitative estimate of drug-likeness (QED) is 0.579. The molecular weight excluding hydrogens is 164 g/mol. The molecule has 1 saturated heterocycles. The summed E-state index contributed by atoms with van der Waals surface area (Å²) in [5, 5.41) is 9.22. The largest absolute Gasteiger partial charge is 0.391 e. The van der Waals surface area contributed by atoms with E-state index in [1.807, 2.05) is 13.8 Å². The maximum atomic E-state index is 9.22. The molecule has 3 heteroatoms. The van der Waals surface area contributed by atoms with Crippen molar-refractivity contribution in [3.8, 4) is 0 Å². The van der Waals surface area contributed by atoms with Crippen LogP contribution in [0.5, 0.6) is 0 Å². The summed E-state index contributed by atoms with van der Waals surface area (Å²) in [6.45, 7) is 8.14. The minimum Gasteiger partial charge on any atom is -0.391 e. The van der Waals surface area contributed by atoms with Crippen LogP contribution < -0.4 is 0 Å². The minimum atomic E-state index is -0.113. The summed E-state index contributed by atoms with van der Waals surface area (Å²) < 4.78 is 0.0880. The monoisotopic (exact) mass is 180 g/mol. The zero-order chi connectivity index (χ0) is 8.20. The third kappa shape index (κ3) is 2.72. The van der Waals surface area contributed by atoms with Crippen LogP contribution in [0, 0.1) is 0 Å². The Balaban J connectivity index is 0.000000371. The molecule has 1 heterocycles. The molecule has 0 aromatic rings. The predicted molar refractivity (Wildman–Crippen MR) is 51.5 cm³/mol. The number of hydrogen-bond donors (Lipinski definition) is 1. The van der Waals surface area contributed by atoms with Gasteiger partial charge in [-0.1, -0.05) is 35.4 Å². The summed E-state index contributed by atoms with van der Waals surface area (Å²) in [6, 6.07) is 0. The van der Waals surface area contributed by atoms with Crippen LogP contribution in [-0.4, -0.2) is 21.7 Å². The van der Waals surface area contributed by atoms with E-state index in [9.17, 15) is 5.11 Å². The minimum absolute atomic E-state index is 0.0880. The Bertz CT molecular complexity index is 93.6. The van der Waals surface area contributed by atoms with E-state index in [0.717, 1.165) is 5.75 Å². The van der Waals surface area contributed by atoms with Gasteiger partial charge in [-0.2, -0.15) is 0 Å². The average molecular weight is 180 g/mol. The van der Waals surface area contributed by atoms with E-state index in [1.54, 1.807) is 21.6 Å². The summed E-state index contributed by atoms with van der Waals surface area (Å²) in [7, 11) is 3.53. The molecule has 1 aliphatic heterocycles. The standard InChI is InChI=1S/C5H10OS2.C2H6/c1-5(2)4(6)3-7-8-5;1-2/h4,6H,3H2,1-2H3;1-2H3. The fourth-order valence-corrected chi connectivity index (χ4v) is 3.56. The van der Waals surface area contributed by atoms with E-state index in [1.165, 1.54) is 0 Å². The van der Waals surface area contributed by atoms with Crippen molar-refractivity contribution in [2.24, 2.45) is 0 Å². The molecule has 1 N–H and O–H groups in total. The highest BCUT2D eigenvalue weighted by atomic mass is 33.1. The number of hydrogen-bond acceptors (Lipinski definition) is 3. The van der Waals surface area contributed by atoms with Crippen molar-refractivity contribution in [2.45, 2.75) is 38.5 Å². The predicted octanol–water partition coefficient (Wildman–Crippen LogP) is 2.55. The summed E-state index contributed by atoms with van der Waals surface area (Å²) in [5.74, 6) is 0.887. The third-order valence-electron chi connectivity index (χ3n) is 1.30. The van der Waals surface area contributed by atoms with Gasteiger partial charge in [0.25, 0.3) is 0 Å². The Kier molecular flexibility index (Phi) is 4.82. The summed E-state index contributed by atoms with van der Waals surface area (Å²) in [6.07, 6.45) is -0.113. The molecule has 0 spiro atoms. The lowest BCUT2D eigenvalue weighted by Crippen LogP contribution is -2.28. The van der Waals surface area contributed by atoms with E-state index in [2.05, 4.69) is 13.8 Å². The van der Waals surface area contributed by atoms with Crippen molar-refractivity contribution < 1.29 is 5.11 Å². The first kappa shape index (κ1) is 10.7. The molecule has 1 aliphatic rings. The van der Waals surface area contributed by atoms with Gasteiger partial charge in [-0.05, 0) is 13.8 Å². The normalized spacial score (nSPS) is 29.1. The van der Waals surface area contributed by atoms with Crippen LogP contribution in [0.4, 0.5) is 0 Å². The van der Waals surface area contributed by atoms with Gasteiger partial charge in [-0.3, -0.25) is 0 Å². The van der Waals surface area contributed by atoms with Crippen molar-refractivity contribution in [3.05, 3.63) is 0 Å². The van der Waals surface area contributed by atoms with Crippen LogP contribution >= 0.6 is 21.6 Å². The molecule has 1 nitrogen and oxygen atoms in total. The van der Waals surface area contributed by atoms with E-state index in [0.29, 0.717) is 0 Å². The summed E-state index contributed by atoms with van der Waals surface area (Å²) >= 11 is 0. The van der Waals surface area contributed by atoms with E-state index < -0.39 is 0 Å². The SMILES string of the molecule is CC.CC1(C)SSCC1O. The smallest absolute Gasteiger partial charge is 0.0788 e. The molecule has 1 fully saturated rings. The maximum Gasteiger partial charge on any atom is 0.0788 e. The summed E-state index contributed by atoms with van der Waals surface area (Å²) in [5.41, 5.74) is 0. The zero-order valence-corrected chi connectivity index (χ0v) is 8.68. The van der Waals surface area contributed by atoms with Gasteiger partial charge in [-0.15, -0.1) is 0 Å². The molecule has 0 aromatic carbocycles. The van der Waals surface area contributed by atoms with Crippen molar-refractivity contribution in [2.75, 3.05) is 5.75 Å². The van der Waals surface area contributed by atoms with Crippen LogP contribution in [0.1, 0.15) is 27.7 Å². The molecule has 10 heavy (non-hydrogen) atoms. The van der Waals surface area contributed by atoms with E-state index >= 15 is 0 Å². The Morgan fingerprint density at radius 2 is 1.90 bits per heavy atom. The lowest BCUT2D eigenvalue weighted by atomic mass is 10.1. The first-order chi connectivity index (χ1) is 4.63.